The van der Waals surface area contributed by atoms with E-state index >= 15 is 0 Å². The van der Waals surface area contributed by atoms with Gasteiger partial charge in [-0.1, -0.05) is 62.8 Å². The molecule has 104 valence electrons. The van der Waals surface area contributed by atoms with Crippen molar-refractivity contribution in [2.75, 3.05) is 0 Å². The van der Waals surface area contributed by atoms with E-state index in [0.717, 1.165) is 11.8 Å². The molecule has 0 bridgehead atoms. The third-order valence-corrected chi connectivity index (χ3v) is 4.87. The molecule has 0 spiro atoms. The Bertz CT molecular complexity index is 414. The van der Waals surface area contributed by atoms with Gasteiger partial charge in [0.1, 0.15) is 0 Å². The number of allylic oxidation sites excluding steroid dienone is 1. The average Bonchev–Trinajstić information content (AvgIpc) is 2.39. The zero-order valence-electron chi connectivity index (χ0n) is 12.9. The van der Waals surface area contributed by atoms with Gasteiger partial charge in [-0.2, -0.15) is 0 Å². The number of hydrogen-bond donors (Lipinski definition) is 0. The second kappa shape index (κ2) is 5.94. The molecule has 1 aliphatic rings. The molecule has 19 heavy (non-hydrogen) atoms. The molecule has 0 atom stereocenters. The van der Waals surface area contributed by atoms with Gasteiger partial charge in [-0.15, -0.1) is 0 Å². The zero-order valence-corrected chi connectivity index (χ0v) is 12.9. The highest BCUT2D eigenvalue weighted by molar-refractivity contribution is 5.50. The van der Waals surface area contributed by atoms with Crippen LogP contribution in [0, 0.1) is 24.2 Å². The number of rotatable bonds is 3. The van der Waals surface area contributed by atoms with Gasteiger partial charge < -0.3 is 0 Å². The van der Waals surface area contributed by atoms with E-state index in [1.54, 1.807) is 0 Å². The van der Waals surface area contributed by atoms with Gasteiger partial charge in [0.2, 0.25) is 0 Å². The van der Waals surface area contributed by atoms with Gasteiger partial charge in [-0.05, 0) is 55.4 Å². The van der Waals surface area contributed by atoms with Crippen molar-refractivity contribution in [2.45, 2.75) is 53.4 Å². The van der Waals surface area contributed by atoms with E-state index in [0.29, 0.717) is 5.41 Å². The Balaban J connectivity index is 1.97. The Kier molecular flexibility index (Phi) is 4.50. The number of benzene rings is 1. The highest BCUT2D eigenvalue weighted by Crippen LogP contribution is 2.42. The molecule has 0 nitrogen and oxygen atoms in total. The van der Waals surface area contributed by atoms with Crippen molar-refractivity contribution in [1.82, 2.24) is 0 Å². The third kappa shape index (κ3) is 3.96. The SMILES string of the molecule is Cc1ccc(/C=C/C2(C)CCC(C(C)C)CC2)cc1. The Morgan fingerprint density at radius 3 is 2.21 bits per heavy atom. The largest absolute Gasteiger partial charge is 0.0780 e. The smallest absolute Gasteiger partial charge is 0.0143 e. The normalized spacial score (nSPS) is 28.2. The van der Waals surface area contributed by atoms with Gasteiger partial charge in [0.15, 0.2) is 0 Å². The monoisotopic (exact) mass is 256 g/mol. The minimum Gasteiger partial charge on any atom is -0.0780 e. The highest BCUT2D eigenvalue weighted by Gasteiger charge is 2.29. The Hall–Kier alpha value is -1.04. The van der Waals surface area contributed by atoms with Crippen LogP contribution in [0.1, 0.15) is 57.6 Å². The van der Waals surface area contributed by atoms with Gasteiger partial charge in [-0.3, -0.25) is 0 Å². The number of aryl methyl sites for hydroxylation is 1. The molecule has 0 unspecified atom stereocenters. The zero-order chi connectivity index (χ0) is 13.9. The van der Waals surface area contributed by atoms with E-state index < -0.39 is 0 Å². The summed E-state index contributed by atoms with van der Waals surface area (Å²) in [5.74, 6) is 1.80. The first-order valence-corrected chi connectivity index (χ1v) is 7.74. The van der Waals surface area contributed by atoms with Gasteiger partial charge in [-0.25, -0.2) is 0 Å². The molecule has 1 aromatic carbocycles. The summed E-state index contributed by atoms with van der Waals surface area (Å²) >= 11 is 0. The summed E-state index contributed by atoms with van der Waals surface area (Å²) in [6.07, 6.45) is 10.2. The van der Waals surface area contributed by atoms with Crippen LogP contribution < -0.4 is 0 Å². The van der Waals surface area contributed by atoms with Gasteiger partial charge in [0.25, 0.3) is 0 Å². The molecule has 0 heteroatoms. The van der Waals surface area contributed by atoms with E-state index in [1.165, 1.54) is 36.8 Å². The summed E-state index contributed by atoms with van der Waals surface area (Å²) < 4.78 is 0. The van der Waals surface area contributed by atoms with E-state index in [2.05, 4.69) is 64.1 Å². The molecule has 1 saturated carbocycles. The molecule has 0 amide bonds. The Morgan fingerprint density at radius 1 is 1.11 bits per heavy atom. The molecule has 0 saturated heterocycles. The predicted octanol–water partition coefficient (Wildman–Crippen LogP) is 5.86. The van der Waals surface area contributed by atoms with Crippen molar-refractivity contribution in [3.05, 3.63) is 41.5 Å². The van der Waals surface area contributed by atoms with Crippen molar-refractivity contribution >= 4 is 6.08 Å². The fourth-order valence-electron chi connectivity index (χ4n) is 3.11. The lowest BCUT2D eigenvalue weighted by Gasteiger charge is -2.36. The van der Waals surface area contributed by atoms with Gasteiger partial charge in [0, 0.05) is 0 Å². The lowest BCUT2D eigenvalue weighted by Crippen LogP contribution is -2.24. The summed E-state index contributed by atoms with van der Waals surface area (Å²) in [5.41, 5.74) is 3.08. The molecule has 0 aliphatic heterocycles. The lowest BCUT2D eigenvalue weighted by molar-refractivity contribution is 0.185. The molecular formula is C19H28. The van der Waals surface area contributed by atoms with Crippen LogP contribution in [0.25, 0.3) is 6.08 Å². The summed E-state index contributed by atoms with van der Waals surface area (Å²) in [4.78, 5) is 0. The predicted molar refractivity (Wildman–Crippen MR) is 85.1 cm³/mol. The fourth-order valence-corrected chi connectivity index (χ4v) is 3.11. The Labute approximate surface area is 118 Å². The second-order valence-corrected chi connectivity index (χ2v) is 6.98. The third-order valence-electron chi connectivity index (χ3n) is 4.87. The molecule has 0 aromatic heterocycles. The Morgan fingerprint density at radius 2 is 1.68 bits per heavy atom. The minimum atomic E-state index is 0.413. The van der Waals surface area contributed by atoms with Crippen LogP contribution >= 0.6 is 0 Å². The van der Waals surface area contributed by atoms with Crippen LogP contribution in [0.4, 0.5) is 0 Å². The van der Waals surface area contributed by atoms with Gasteiger partial charge >= 0.3 is 0 Å². The topological polar surface area (TPSA) is 0 Å². The molecule has 1 aliphatic carbocycles. The lowest BCUT2D eigenvalue weighted by atomic mass is 9.69. The molecule has 2 rings (SSSR count). The van der Waals surface area contributed by atoms with Gasteiger partial charge in [0.05, 0.1) is 0 Å². The van der Waals surface area contributed by atoms with Crippen LogP contribution in [0.15, 0.2) is 30.3 Å². The van der Waals surface area contributed by atoms with Crippen molar-refractivity contribution in [1.29, 1.82) is 0 Å². The molecule has 1 aromatic rings. The standard InChI is InChI=1S/C19H28/c1-15(2)18-10-13-19(4,14-11-18)12-9-17-7-5-16(3)6-8-17/h5-9,12,15,18H,10-11,13-14H2,1-4H3/b12-9+. The van der Waals surface area contributed by atoms with E-state index in [-0.39, 0.29) is 0 Å². The van der Waals surface area contributed by atoms with Crippen LogP contribution in [0.5, 0.6) is 0 Å². The maximum atomic E-state index is 2.45. The minimum absolute atomic E-state index is 0.413. The maximum absolute atomic E-state index is 2.45. The van der Waals surface area contributed by atoms with Crippen LogP contribution in [0.3, 0.4) is 0 Å². The van der Waals surface area contributed by atoms with E-state index in [4.69, 9.17) is 0 Å². The first-order chi connectivity index (χ1) is 8.98. The second-order valence-electron chi connectivity index (χ2n) is 6.98. The molecule has 0 radical (unpaired) electrons. The molecule has 0 N–H and O–H groups in total. The molecule has 1 fully saturated rings. The maximum Gasteiger partial charge on any atom is -0.0143 e. The van der Waals surface area contributed by atoms with Crippen molar-refractivity contribution in [3.8, 4) is 0 Å². The quantitative estimate of drug-likeness (QED) is 0.635. The average molecular weight is 256 g/mol. The summed E-state index contributed by atoms with van der Waals surface area (Å²) in [6.45, 7) is 9.31. The van der Waals surface area contributed by atoms with Crippen molar-refractivity contribution < 1.29 is 0 Å². The molecule has 0 heterocycles. The van der Waals surface area contributed by atoms with Crippen molar-refractivity contribution in [3.63, 3.8) is 0 Å². The summed E-state index contributed by atoms with van der Waals surface area (Å²) in [6, 6.07) is 8.82. The summed E-state index contributed by atoms with van der Waals surface area (Å²) in [5, 5.41) is 0. The van der Waals surface area contributed by atoms with E-state index in [1.807, 2.05) is 0 Å². The van der Waals surface area contributed by atoms with Crippen LogP contribution in [0.2, 0.25) is 0 Å². The van der Waals surface area contributed by atoms with Crippen LogP contribution in [-0.4, -0.2) is 0 Å². The first kappa shape index (κ1) is 14.4. The highest BCUT2D eigenvalue weighted by atomic mass is 14.3. The van der Waals surface area contributed by atoms with E-state index in [9.17, 15) is 0 Å². The summed E-state index contributed by atoms with van der Waals surface area (Å²) in [7, 11) is 0. The molecular weight excluding hydrogens is 228 g/mol. The fraction of sp³-hybridized carbons (Fsp3) is 0.579. The number of hydrogen-bond acceptors (Lipinski definition) is 0. The first-order valence-electron chi connectivity index (χ1n) is 7.74. The van der Waals surface area contributed by atoms with Crippen LogP contribution in [-0.2, 0) is 0 Å². The van der Waals surface area contributed by atoms with Crippen molar-refractivity contribution in [2.24, 2.45) is 17.3 Å².